The van der Waals surface area contributed by atoms with Gasteiger partial charge in [-0.25, -0.2) is 4.39 Å². The van der Waals surface area contributed by atoms with E-state index in [0.29, 0.717) is 17.4 Å². The number of aromatic nitrogens is 1. The molecule has 1 aliphatic rings. The van der Waals surface area contributed by atoms with Crippen molar-refractivity contribution >= 4 is 16.6 Å². The molecule has 2 aromatic carbocycles. The first kappa shape index (κ1) is 19.7. The van der Waals surface area contributed by atoms with E-state index < -0.39 is 0 Å². The van der Waals surface area contributed by atoms with Crippen molar-refractivity contribution in [2.75, 3.05) is 5.32 Å². The molecule has 3 atom stereocenters. The second-order valence-corrected chi connectivity index (χ2v) is 8.62. The molecule has 3 aromatic rings. The largest absolute Gasteiger partial charge is 0.377 e. The van der Waals surface area contributed by atoms with Crippen molar-refractivity contribution in [3.05, 3.63) is 74.3 Å². The second-order valence-electron chi connectivity index (χ2n) is 8.62. The molecule has 3 nitrogen and oxygen atoms in total. The normalized spacial score (nSPS) is 21.2. The number of hydrogen-bond donors (Lipinski definition) is 2. The van der Waals surface area contributed by atoms with E-state index in [1.54, 1.807) is 6.07 Å². The fraction of sp³-hybridized carbons (Fsp3) is 0.400. The average Bonchev–Trinajstić information content (AvgIpc) is 2.67. The molecule has 0 spiro atoms. The van der Waals surface area contributed by atoms with Crippen LogP contribution in [0, 0.1) is 32.5 Å². The van der Waals surface area contributed by atoms with Gasteiger partial charge >= 0.3 is 0 Å². The number of anilines is 1. The molecular formula is C25H29FN2O. The summed E-state index contributed by atoms with van der Waals surface area (Å²) in [6, 6.07) is 8.59. The molecule has 0 radical (unpaired) electrons. The number of fused-ring (bicyclic) bond motifs is 2. The van der Waals surface area contributed by atoms with Crippen LogP contribution in [0.5, 0.6) is 0 Å². The molecule has 0 bridgehead atoms. The van der Waals surface area contributed by atoms with Gasteiger partial charge in [0.25, 0.3) is 0 Å². The maximum atomic E-state index is 14.3. The van der Waals surface area contributed by atoms with Crippen LogP contribution in [0.2, 0.25) is 0 Å². The summed E-state index contributed by atoms with van der Waals surface area (Å²) in [6.45, 7) is 11.1. The molecule has 1 aromatic heterocycles. The summed E-state index contributed by atoms with van der Waals surface area (Å²) in [7, 11) is 0. The van der Waals surface area contributed by atoms with Crippen LogP contribution >= 0.6 is 0 Å². The summed E-state index contributed by atoms with van der Waals surface area (Å²) >= 11 is 0. The van der Waals surface area contributed by atoms with E-state index in [9.17, 15) is 9.18 Å². The highest BCUT2D eigenvalue weighted by atomic mass is 19.1. The van der Waals surface area contributed by atoms with E-state index in [4.69, 9.17) is 0 Å². The fourth-order valence-electron chi connectivity index (χ4n) is 5.05. The van der Waals surface area contributed by atoms with Crippen molar-refractivity contribution in [2.24, 2.45) is 5.92 Å². The number of hydrogen-bond acceptors (Lipinski definition) is 2. The first-order chi connectivity index (χ1) is 13.8. The summed E-state index contributed by atoms with van der Waals surface area (Å²) < 4.78 is 14.3. The Hall–Kier alpha value is -2.62. The molecule has 4 rings (SSSR count). The third-order valence-electron chi connectivity index (χ3n) is 6.82. The van der Waals surface area contributed by atoms with Gasteiger partial charge < -0.3 is 10.3 Å². The first-order valence-corrected chi connectivity index (χ1v) is 10.5. The average molecular weight is 393 g/mol. The van der Waals surface area contributed by atoms with Gasteiger partial charge in [0.2, 0.25) is 5.56 Å². The highest BCUT2D eigenvalue weighted by Gasteiger charge is 2.34. The van der Waals surface area contributed by atoms with E-state index in [1.165, 1.54) is 46.0 Å². The van der Waals surface area contributed by atoms with Crippen LogP contribution in [0.1, 0.15) is 66.5 Å². The molecule has 4 heteroatoms. The van der Waals surface area contributed by atoms with Gasteiger partial charge in [0.1, 0.15) is 5.82 Å². The van der Waals surface area contributed by atoms with Gasteiger partial charge in [-0.1, -0.05) is 19.9 Å². The third kappa shape index (κ3) is 3.35. The minimum absolute atomic E-state index is 0.0997. The Bertz CT molecular complexity index is 1150. The Morgan fingerprint density at radius 3 is 2.62 bits per heavy atom. The zero-order valence-electron chi connectivity index (χ0n) is 17.8. The summed E-state index contributed by atoms with van der Waals surface area (Å²) in [6.07, 6.45) is 2.23. The van der Waals surface area contributed by atoms with Gasteiger partial charge in [-0.15, -0.1) is 0 Å². The maximum absolute atomic E-state index is 14.3. The van der Waals surface area contributed by atoms with E-state index in [0.717, 1.165) is 23.9 Å². The van der Waals surface area contributed by atoms with Crippen LogP contribution in [-0.4, -0.2) is 4.98 Å². The smallest absolute Gasteiger partial charge is 0.248 e. The molecular weight excluding hydrogens is 363 g/mol. The Kier molecular flexibility index (Phi) is 4.97. The lowest BCUT2D eigenvalue weighted by Gasteiger charge is -2.39. The molecule has 29 heavy (non-hydrogen) atoms. The molecule has 2 unspecified atom stereocenters. The van der Waals surface area contributed by atoms with Gasteiger partial charge in [0.05, 0.1) is 11.6 Å². The Morgan fingerprint density at radius 1 is 1.14 bits per heavy atom. The van der Waals surface area contributed by atoms with Crippen molar-refractivity contribution in [3.63, 3.8) is 0 Å². The van der Waals surface area contributed by atoms with Crippen molar-refractivity contribution in [2.45, 2.75) is 59.4 Å². The molecule has 1 heterocycles. The predicted molar refractivity (Wildman–Crippen MR) is 118 cm³/mol. The number of benzene rings is 2. The van der Waals surface area contributed by atoms with Gasteiger partial charge in [0, 0.05) is 17.1 Å². The van der Waals surface area contributed by atoms with Crippen LogP contribution in [0.25, 0.3) is 10.9 Å². The van der Waals surface area contributed by atoms with Crippen molar-refractivity contribution in [3.8, 4) is 0 Å². The number of aryl methyl sites for hydroxylation is 1. The summed E-state index contributed by atoms with van der Waals surface area (Å²) in [4.78, 5) is 14.4. The quantitative estimate of drug-likeness (QED) is 0.551. The number of pyridine rings is 1. The van der Waals surface area contributed by atoms with Crippen LogP contribution in [0.4, 0.5) is 10.1 Å². The van der Waals surface area contributed by atoms with Gasteiger partial charge in [0.15, 0.2) is 0 Å². The molecule has 0 amide bonds. The van der Waals surface area contributed by atoms with Gasteiger partial charge in [-0.2, -0.15) is 0 Å². The minimum Gasteiger partial charge on any atom is -0.377 e. The lowest BCUT2D eigenvalue weighted by Crippen LogP contribution is -2.28. The van der Waals surface area contributed by atoms with Gasteiger partial charge in [-0.05, 0) is 91.5 Å². The number of halogens is 1. The maximum Gasteiger partial charge on any atom is 0.248 e. The van der Waals surface area contributed by atoms with Crippen LogP contribution in [0.3, 0.4) is 0 Å². The number of H-pyrrole nitrogens is 1. The van der Waals surface area contributed by atoms with Crippen molar-refractivity contribution in [1.82, 2.24) is 4.98 Å². The summed E-state index contributed by atoms with van der Waals surface area (Å²) in [5.41, 5.74) is 7.86. The molecule has 0 saturated carbocycles. The molecule has 0 fully saturated rings. The fourth-order valence-corrected chi connectivity index (χ4v) is 5.05. The third-order valence-corrected chi connectivity index (χ3v) is 6.82. The first-order valence-electron chi connectivity index (χ1n) is 10.5. The van der Waals surface area contributed by atoms with E-state index >= 15 is 0 Å². The monoisotopic (exact) mass is 392 g/mol. The molecule has 0 saturated heterocycles. The number of aromatic amines is 1. The van der Waals surface area contributed by atoms with E-state index in [-0.39, 0.29) is 17.4 Å². The molecule has 2 N–H and O–H groups in total. The Labute approximate surface area is 171 Å². The second kappa shape index (κ2) is 7.33. The number of nitrogens with one attached hydrogen (secondary N) is 2. The SMILES string of the molecule is CC[C@@H]1CC(C)C(Nc2cc(F)cc3[nH]c(=O)ccc23)c2cc(C)c(C)c(C)c21. The lowest BCUT2D eigenvalue weighted by molar-refractivity contribution is 0.376. The topological polar surface area (TPSA) is 44.9 Å². The Balaban J connectivity index is 1.87. The van der Waals surface area contributed by atoms with Crippen molar-refractivity contribution < 1.29 is 4.39 Å². The zero-order valence-corrected chi connectivity index (χ0v) is 17.8. The van der Waals surface area contributed by atoms with Gasteiger partial charge in [-0.3, -0.25) is 4.79 Å². The standard InChI is InChI=1S/C25H29FN2O/c1-6-17-9-14(3)25(20-10-13(2)15(4)16(5)24(17)20)28-22-12-18(26)11-21-19(22)7-8-23(29)27-21/h7-8,10-12,14,17,25,28H,6,9H2,1-5H3,(H,27,29)/t14?,17-,25?/m1/s1. The van der Waals surface area contributed by atoms with Crippen LogP contribution in [0.15, 0.2) is 35.1 Å². The highest BCUT2D eigenvalue weighted by molar-refractivity contribution is 5.91. The number of rotatable bonds is 3. The molecule has 0 aliphatic heterocycles. The molecule has 1 aliphatic carbocycles. The summed E-state index contributed by atoms with van der Waals surface area (Å²) in [5, 5.41) is 4.48. The van der Waals surface area contributed by atoms with Crippen LogP contribution < -0.4 is 10.9 Å². The molecule has 152 valence electrons. The van der Waals surface area contributed by atoms with E-state index in [1.807, 2.05) is 0 Å². The van der Waals surface area contributed by atoms with Crippen molar-refractivity contribution in [1.29, 1.82) is 0 Å². The minimum atomic E-state index is -0.353. The Morgan fingerprint density at radius 2 is 1.90 bits per heavy atom. The summed E-state index contributed by atoms with van der Waals surface area (Å²) in [5.74, 6) is 0.612. The zero-order chi connectivity index (χ0) is 20.9. The lowest BCUT2D eigenvalue weighted by atomic mass is 9.70. The predicted octanol–water partition coefficient (Wildman–Crippen LogP) is 6.28. The van der Waals surface area contributed by atoms with E-state index in [2.05, 4.69) is 51.0 Å². The highest BCUT2D eigenvalue weighted by Crippen LogP contribution is 2.47. The van der Waals surface area contributed by atoms with Crippen LogP contribution in [-0.2, 0) is 0 Å².